The predicted octanol–water partition coefficient (Wildman–Crippen LogP) is 0.789. The summed E-state index contributed by atoms with van der Waals surface area (Å²) in [7, 11) is 0. The van der Waals surface area contributed by atoms with Gasteiger partial charge in [0, 0.05) is 26.2 Å². The first-order chi connectivity index (χ1) is 10.6. The molecule has 1 unspecified atom stereocenters. The maximum Gasteiger partial charge on any atom is 0.241 e. The summed E-state index contributed by atoms with van der Waals surface area (Å²) in [5, 5.41) is 5.99. The van der Waals surface area contributed by atoms with E-state index in [1.807, 2.05) is 22.4 Å². The smallest absolute Gasteiger partial charge is 0.241 e. The fourth-order valence-corrected chi connectivity index (χ4v) is 3.08. The Kier molecular flexibility index (Phi) is 4.51. The normalized spacial score (nSPS) is 17.6. The van der Waals surface area contributed by atoms with Crippen molar-refractivity contribution in [2.45, 2.75) is 19.5 Å². The highest BCUT2D eigenvalue weighted by atomic mass is 32.1. The third-order valence-electron chi connectivity index (χ3n) is 3.64. The molecule has 118 valence electrons. The number of hydrogen-bond donors (Lipinski definition) is 1. The maximum absolute atomic E-state index is 11.8. The van der Waals surface area contributed by atoms with E-state index in [1.165, 1.54) is 0 Å². The fourth-order valence-electron chi connectivity index (χ4n) is 2.43. The molecule has 7 nitrogen and oxygen atoms in total. The monoisotopic (exact) mass is 321 g/mol. The van der Waals surface area contributed by atoms with E-state index >= 15 is 0 Å². The first-order valence-electron chi connectivity index (χ1n) is 7.26. The van der Waals surface area contributed by atoms with Crippen molar-refractivity contribution in [3.63, 3.8) is 0 Å². The average Bonchev–Trinajstić information content (AvgIpc) is 3.18. The van der Waals surface area contributed by atoms with Crippen LogP contribution in [0.4, 0.5) is 0 Å². The number of hydrogen-bond acceptors (Lipinski definition) is 7. The van der Waals surface area contributed by atoms with Crippen LogP contribution < -0.4 is 5.73 Å². The number of aromatic nitrogens is 2. The van der Waals surface area contributed by atoms with Crippen LogP contribution in [0.15, 0.2) is 22.0 Å². The zero-order valence-corrected chi connectivity index (χ0v) is 13.3. The molecule has 3 rings (SSSR count). The van der Waals surface area contributed by atoms with Crippen molar-refractivity contribution in [1.82, 2.24) is 19.9 Å². The third-order valence-corrected chi connectivity index (χ3v) is 4.51. The second kappa shape index (κ2) is 6.55. The van der Waals surface area contributed by atoms with Crippen LogP contribution in [0.2, 0.25) is 0 Å². The van der Waals surface area contributed by atoms with E-state index in [2.05, 4.69) is 15.0 Å². The highest BCUT2D eigenvalue weighted by Crippen LogP contribution is 2.21. The van der Waals surface area contributed by atoms with Gasteiger partial charge >= 0.3 is 0 Å². The third kappa shape index (κ3) is 3.34. The molecule has 3 heterocycles. The summed E-state index contributed by atoms with van der Waals surface area (Å²) >= 11 is 1.59. The Bertz CT molecular complexity index is 617. The lowest BCUT2D eigenvalue weighted by molar-refractivity contribution is -0.134. The Morgan fingerprint density at radius 2 is 2.23 bits per heavy atom. The van der Waals surface area contributed by atoms with Crippen molar-refractivity contribution in [1.29, 1.82) is 0 Å². The number of piperazine rings is 1. The molecular weight excluding hydrogens is 302 g/mol. The molecule has 1 saturated heterocycles. The molecule has 0 aromatic carbocycles. The van der Waals surface area contributed by atoms with Gasteiger partial charge in [-0.1, -0.05) is 11.2 Å². The van der Waals surface area contributed by atoms with Gasteiger partial charge < -0.3 is 15.2 Å². The number of rotatable bonds is 4. The van der Waals surface area contributed by atoms with E-state index in [9.17, 15) is 4.79 Å². The number of nitrogens with zero attached hydrogens (tertiary/aromatic N) is 4. The Morgan fingerprint density at radius 1 is 1.45 bits per heavy atom. The number of thiophene rings is 1. The lowest BCUT2D eigenvalue weighted by Gasteiger charge is -2.34. The van der Waals surface area contributed by atoms with Gasteiger partial charge in [-0.15, -0.1) is 11.3 Å². The van der Waals surface area contributed by atoms with Gasteiger partial charge in [0.15, 0.2) is 0 Å². The minimum absolute atomic E-state index is 0.0115. The lowest BCUT2D eigenvalue weighted by atomic mass is 10.2. The molecule has 0 aliphatic carbocycles. The molecule has 1 aliphatic rings. The van der Waals surface area contributed by atoms with Crippen LogP contribution >= 0.6 is 11.3 Å². The first-order valence-corrected chi connectivity index (χ1v) is 8.14. The van der Waals surface area contributed by atoms with Crippen LogP contribution in [0.25, 0.3) is 10.7 Å². The van der Waals surface area contributed by atoms with Crippen LogP contribution in [0, 0.1) is 0 Å². The van der Waals surface area contributed by atoms with Gasteiger partial charge in [0.1, 0.15) is 0 Å². The molecule has 0 bridgehead atoms. The topological polar surface area (TPSA) is 88.5 Å². The van der Waals surface area contributed by atoms with Crippen LogP contribution in [0.3, 0.4) is 0 Å². The standard InChI is InChI=1S/C14H19N5O2S/c1-10(15)14(20)19-6-4-18(5-7-19)9-12-16-13(17-21-12)11-3-2-8-22-11/h2-3,8,10H,4-7,9,15H2,1H3. The molecular formula is C14H19N5O2S. The van der Waals surface area contributed by atoms with Gasteiger partial charge in [-0.05, 0) is 18.4 Å². The van der Waals surface area contributed by atoms with Gasteiger partial charge in [0.2, 0.25) is 17.6 Å². The second-order valence-corrected chi connectivity index (χ2v) is 6.33. The minimum atomic E-state index is -0.434. The van der Waals surface area contributed by atoms with Crippen LogP contribution in [0.5, 0.6) is 0 Å². The van der Waals surface area contributed by atoms with Crippen molar-refractivity contribution in [3.05, 3.63) is 23.4 Å². The Morgan fingerprint density at radius 3 is 2.86 bits per heavy atom. The van der Waals surface area contributed by atoms with Crippen molar-refractivity contribution in [3.8, 4) is 10.7 Å². The zero-order valence-electron chi connectivity index (χ0n) is 12.4. The molecule has 8 heteroatoms. The van der Waals surface area contributed by atoms with E-state index < -0.39 is 6.04 Å². The average molecular weight is 321 g/mol. The van der Waals surface area contributed by atoms with E-state index in [-0.39, 0.29) is 5.91 Å². The molecule has 22 heavy (non-hydrogen) atoms. The van der Waals surface area contributed by atoms with E-state index in [4.69, 9.17) is 10.3 Å². The summed E-state index contributed by atoms with van der Waals surface area (Å²) in [6, 6.07) is 3.50. The molecule has 2 N–H and O–H groups in total. The van der Waals surface area contributed by atoms with Gasteiger partial charge in [0.25, 0.3) is 0 Å². The van der Waals surface area contributed by atoms with Crippen molar-refractivity contribution >= 4 is 17.2 Å². The molecule has 1 amide bonds. The van der Waals surface area contributed by atoms with Crippen LogP contribution in [-0.2, 0) is 11.3 Å². The number of nitrogens with two attached hydrogens (primary N) is 1. The van der Waals surface area contributed by atoms with E-state index in [1.54, 1.807) is 18.3 Å². The van der Waals surface area contributed by atoms with E-state index in [0.29, 0.717) is 31.3 Å². The Balaban J connectivity index is 1.54. The molecule has 1 atom stereocenters. The molecule has 1 aliphatic heterocycles. The quantitative estimate of drug-likeness (QED) is 0.895. The molecule has 0 spiro atoms. The summed E-state index contributed by atoms with van der Waals surface area (Å²) < 4.78 is 5.31. The Labute approximate surface area is 132 Å². The summed E-state index contributed by atoms with van der Waals surface area (Å²) in [6.45, 7) is 5.28. The van der Waals surface area contributed by atoms with Crippen molar-refractivity contribution in [2.75, 3.05) is 26.2 Å². The number of carbonyl (C=O) groups is 1. The lowest BCUT2D eigenvalue weighted by Crippen LogP contribution is -2.52. The molecule has 0 radical (unpaired) electrons. The SMILES string of the molecule is CC(N)C(=O)N1CCN(Cc2nc(-c3cccs3)no2)CC1. The van der Waals surface area contributed by atoms with Crippen molar-refractivity contribution in [2.24, 2.45) is 5.73 Å². The zero-order chi connectivity index (χ0) is 15.5. The van der Waals surface area contributed by atoms with Gasteiger partial charge in [-0.2, -0.15) is 4.98 Å². The number of amides is 1. The maximum atomic E-state index is 11.8. The predicted molar refractivity (Wildman–Crippen MR) is 83.1 cm³/mol. The molecule has 2 aromatic heterocycles. The van der Waals surface area contributed by atoms with Crippen LogP contribution in [0.1, 0.15) is 12.8 Å². The summed E-state index contributed by atoms with van der Waals surface area (Å²) in [6.07, 6.45) is 0. The minimum Gasteiger partial charge on any atom is -0.339 e. The second-order valence-electron chi connectivity index (χ2n) is 5.38. The molecule has 2 aromatic rings. The van der Waals surface area contributed by atoms with Gasteiger partial charge in [-0.3, -0.25) is 9.69 Å². The fraction of sp³-hybridized carbons (Fsp3) is 0.500. The van der Waals surface area contributed by atoms with E-state index in [0.717, 1.165) is 18.0 Å². The highest BCUT2D eigenvalue weighted by Gasteiger charge is 2.24. The highest BCUT2D eigenvalue weighted by molar-refractivity contribution is 7.13. The Hall–Kier alpha value is -1.77. The van der Waals surface area contributed by atoms with Gasteiger partial charge in [0.05, 0.1) is 17.5 Å². The molecule has 1 fully saturated rings. The van der Waals surface area contributed by atoms with Gasteiger partial charge in [-0.25, -0.2) is 0 Å². The summed E-state index contributed by atoms with van der Waals surface area (Å²) in [5.41, 5.74) is 5.64. The van der Waals surface area contributed by atoms with Crippen LogP contribution in [-0.4, -0.2) is 58.1 Å². The first kappa shape index (κ1) is 15.1. The summed E-state index contributed by atoms with van der Waals surface area (Å²) in [5.74, 6) is 1.25. The largest absolute Gasteiger partial charge is 0.339 e. The summed E-state index contributed by atoms with van der Waals surface area (Å²) in [4.78, 5) is 21.3. The number of carbonyl (C=O) groups excluding carboxylic acids is 1. The van der Waals surface area contributed by atoms with Crippen molar-refractivity contribution < 1.29 is 9.32 Å². The molecule has 0 saturated carbocycles.